The van der Waals surface area contributed by atoms with Gasteiger partial charge < -0.3 is 0 Å². The van der Waals surface area contributed by atoms with Gasteiger partial charge in [-0.2, -0.15) is 4.57 Å². The molecule has 4 rings (SSSR count). The van der Waals surface area contributed by atoms with Crippen molar-refractivity contribution in [1.29, 1.82) is 0 Å². The van der Waals surface area contributed by atoms with E-state index in [1.807, 2.05) is 0 Å². The van der Waals surface area contributed by atoms with Crippen LogP contribution in [0.2, 0.25) is 0 Å². The van der Waals surface area contributed by atoms with Crippen molar-refractivity contribution < 1.29 is 4.57 Å². The number of aromatic nitrogens is 2. The maximum atomic E-state index is 2.55. The van der Waals surface area contributed by atoms with Gasteiger partial charge in [0.2, 0.25) is 0 Å². The highest BCUT2D eigenvalue weighted by Gasteiger charge is 2.32. The van der Waals surface area contributed by atoms with Crippen LogP contribution in [0.15, 0.2) is 54.6 Å². The van der Waals surface area contributed by atoms with Gasteiger partial charge in [-0.15, -0.1) is 0 Å². The topological polar surface area (TPSA) is 8.81 Å². The molecule has 0 saturated carbocycles. The Balaban J connectivity index is 2.24. The lowest BCUT2D eigenvalue weighted by Crippen LogP contribution is -2.31. The number of hydrogen-bond donors (Lipinski definition) is 0. The molecule has 2 heteroatoms. The summed E-state index contributed by atoms with van der Waals surface area (Å²) in [6.07, 6.45) is 0. The van der Waals surface area contributed by atoms with E-state index in [0.717, 1.165) is 0 Å². The Kier molecular flexibility index (Phi) is 6.23. The molecule has 4 aromatic rings. The first-order valence-electron chi connectivity index (χ1n) is 12.7. The average molecular weight is 454 g/mol. The minimum atomic E-state index is 0.0988. The normalized spacial score (nSPS) is 12.4. The summed E-state index contributed by atoms with van der Waals surface area (Å²) in [4.78, 5) is 0. The molecule has 1 aromatic heterocycles. The summed E-state index contributed by atoms with van der Waals surface area (Å²) in [6, 6.07) is 20.7. The van der Waals surface area contributed by atoms with E-state index in [0.29, 0.717) is 11.8 Å². The zero-order chi connectivity index (χ0) is 24.9. The summed E-state index contributed by atoms with van der Waals surface area (Å²) in [5.41, 5.74) is 12.0. The molecule has 0 aliphatic rings. The number of rotatable bonds is 4. The van der Waals surface area contributed by atoms with Crippen molar-refractivity contribution in [3.05, 3.63) is 82.4 Å². The monoisotopic (exact) mass is 453 g/mol. The van der Waals surface area contributed by atoms with Gasteiger partial charge in [-0.3, -0.25) is 0 Å². The Morgan fingerprint density at radius 3 is 1.97 bits per heavy atom. The van der Waals surface area contributed by atoms with Crippen LogP contribution in [0.1, 0.15) is 88.1 Å². The van der Waals surface area contributed by atoms with E-state index < -0.39 is 0 Å². The van der Waals surface area contributed by atoms with E-state index in [1.165, 1.54) is 55.9 Å². The molecule has 0 bridgehead atoms. The average Bonchev–Trinajstić information content (AvgIpc) is 3.05. The minimum absolute atomic E-state index is 0.0988. The highest BCUT2D eigenvalue weighted by molar-refractivity contribution is 5.82. The first-order valence-corrected chi connectivity index (χ1v) is 12.7. The summed E-state index contributed by atoms with van der Waals surface area (Å²) in [7, 11) is 2.23. The molecule has 0 amide bonds. The first kappa shape index (κ1) is 24.3. The van der Waals surface area contributed by atoms with E-state index in [2.05, 4.69) is 133 Å². The molecule has 0 radical (unpaired) electrons. The Hall–Kier alpha value is -2.87. The van der Waals surface area contributed by atoms with Gasteiger partial charge in [0.1, 0.15) is 5.69 Å². The van der Waals surface area contributed by atoms with E-state index in [9.17, 15) is 0 Å². The minimum Gasteiger partial charge on any atom is -0.225 e. The quantitative estimate of drug-likeness (QED) is 0.275. The highest BCUT2D eigenvalue weighted by Crippen LogP contribution is 2.38. The number of para-hydroxylation sites is 1. The zero-order valence-electron chi connectivity index (χ0n) is 22.7. The van der Waals surface area contributed by atoms with Crippen LogP contribution in [0.5, 0.6) is 0 Å². The lowest BCUT2D eigenvalue weighted by atomic mass is 9.87. The third kappa shape index (κ3) is 4.08. The second kappa shape index (κ2) is 8.73. The number of aryl methyl sites for hydroxylation is 3. The SMILES string of the molecule is Cc1ccc(C)c(-c2n(-c3c(C(C)C)cccc3C(C)C)c3ccc(C(C)(C)C)cc3[n+]2C)c1. The van der Waals surface area contributed by atoms with Crippen molar-refractivity contribution >= 4 is 11.0 Å². The summed E-state index contributed by atoms with van der Waals surface area (Å²) < 4.78 is 4.96. The van der Waals surface area contributed by atoms with Crippen molar-refractivity contribution in [2.45, 2.75) is 79.6 Å². The molecule has 0 saturated heterocycles. The van der Waals surface area contributed by atoms with Gasteiger partial charge in [-0.1, -0.05) is 90.4 Å². The molecule has 0 atom stereocenters. The molecule has 0 spiro atoms. The van der Waals surface area contributed by atoms with Gasteiger partial charge in [0.05, 0.1) is 12.6 Å². The largest absolute Gasteiger partial charge is 0.295 e. The van der Waals surface area contributed by atoms with Gasteiger partial charge in [0.15, 0.2) is 11.0 Å². The third-order valence-corrected chi connectivity index (χ3v) is 7.17. The van der Waals surface area contributed by atoms with Gasteiger partial charge in [-0.25, -0.2) is 4.57 Å². The van der Waals surface area contributed by atoms with E-state index >= 15 is 0 Å². The van der Waals surface area contributed by atoms with E-state index in [1.54, 1.807) is 0 Å². The lowest BCUT2D eigenvalue weighted by Gasteiger charge is -2.19. The Morgan fingerprint density at radius 2 is 1.41 bits per heavy atom. The fraction of sp³-hybridized carbons (Fsp3) is 0.406. The second-order valence-corrected chi connectivity index (χ2v) is 11.6. The van der Waals surface area contributed by atoms with Crippen LogP contribution in [-0.2, 0) is 12.5 Å². The predicted octanol–water partition coefficient (Wildman–Crippen LogP) is 8.28. The molecule has 2 nitrogen and oxygen atoms in total. The molecule has 0 unspecified atom stereocenters. The summed E-state index contributed by atoms with van der Waals surface area (Å²) in [6.45, 7) is 20.5. The van der Waals surface area contributed by atoms with Crippen molar-refractivity contribution in [3.63, 3.8) is 0 Å². The van der Waals surface area contributed by atoms with Crippen LogP contribution in [0, 0.1) is 13.8 Å². The molecule has 34 heavy (non-hydrogen) atoms. The zero-order valence-corrected chi connectivity index (χ0v) is 22.7. The van der Waals surface area contributed by atoms with Gasteiger partial charge in [0, 0.05) is 11.1 Å². The smallest absolute Gasteiger partial charge is 0.225 e. The molecule has 178 valence electrons. The number of hydrogen-bond acceptors (Lipinski definition) is 0. The van der Waals surface area contributed by atoms with Crippen molar-refractivity contribution in [2.75, 3.05) is 0 Å². The highest BCUT2D eigenvalue weighted by atomic mass is 15.2. The second-order valence-electron chi connectivity index (χ2n) is 11.6. The molecule has 0 aliphatic carbocycles. The lowest BCUT2D eigenvalue weighted by molar-refractivity contribution is -0.633. The van der Waals surface area contributed by atoms with Gasteiger partial charge >= 0.3 is 0 Å². The van der Waals surface area contributed by atoms with Crippen LogP contribution >= 0.6 is 0 Å². The Bertz CT molecular complexity index is 1330. The molecule has 0 aliphatic heterocycles. The van der Waals surface area contributed by atoms with Crippen LogP contribution in [0.4, 0.5) is 0 Å². The molecule has 3 aromatic carbocycles. The fourth-order valence-electron chi connectivity index (χ4n) is 5.10. The van der Waals surface area contributed by atoms with Crippen LogP contribution in [-0.4, -0.2) is 4.57 Å². The van der Waals surface area contributed by atoms with Crippen LogP contribution < -0.4 is 4.57 Å². The summed E-state index contributed by atoms with van der Waals surface area (Å²) in [5.74, 6) is 2.10. The van der Waals surface area contributed by atoms with Crippen molar-refractivity contribution in [3.8, 4) is 17.1 Å². The van der Waals surface area contributed by atoms with Crippen LogP contribution in [0.25, 0.3) is 28.1 Å². The number of imidazole rings is 1. The van der Waals surface area contributed by atoms with Crippen molar-refractivity contribution in [1.82, 2.24) is 4.57 Å². The molecular weight excluding hydrogens is 412 g/mol. The van der Waals surface area contributed by atoms with Gasteiger partial charge in [-0.05, 0) is 60.4 Å². The number of fused-ring (bicyclic) bond motifs is 1. The first-order chi connectivity index (χ1) is 15.9. The Labute approximate surface area is 206 Å². The summed E-state index contributed by atoms with van der Waals surface area (Å²) >= 11 is 0. The van der Waals surface area contributed by atoms with E-state index in [4.69, 9.17) is 0 Å². The summed E-state index contributed by atoms with van der Waals surface area (Å²) in [5, 5.41) is 0. The Morgan fingerprint density at radius 1 is 0.794 bits per heavy atom. The van der Waals surface area contributed by atoms with Crippen LogP contribution in [0.3, 0.4) is 0 Å². The standard InChI is InChI=1S/C32H41N2/c1-20(2)25-12-11-13-26(21(3)4)30(25)34-28-17-16-24(32(7,8)9)19-29(28)33(10)31(34)27-18-22(5)14-15-23(27)6/h11-21H,1-10H3/q+1. The number of benzene rings is 3. The third-order valence-electron chi connectivity index (χ3n) is 7.17. The molecule has 0 fully saturated rings. The number of nitrogens with zero attached hydrogens (tertiary/aromatic N) is 2. The predicted molar refractivity (Wildman–Crippen MR) is 146 cm³/mol. The molecule has 0 N–H and O–H groups in total. The molecular formula is C32H41N2+. The van der Waals surface area contributed by atoms with E-state index in [-0.39, 0.29) is 5.41 Å². The maximum Gasteiger partial charge on any atom is 0.295 e. The van der Waals surface area contributed by atoms with Crippen molar-refractivity contribution in [2.24, 2.45) is 7.05 Å². The fourth-order valence-corrected chi connectivity index (χ4v) is 5.10. The maximum absolute atomic E-state index is 2.55. The molecule has 1 heterocycles. The van der Waals surface area contributed by atoms with Gasteiger partial charge in [0.25, 0.3) is 5.82 Å².